The molecule has 32 nitrogen and oxygen atoms in total. The number of para-hydroxylation sites is 1. The molecule has 0 heterocycles. The Morgan fingerprint density at radius 1 is 0.423 bits per heavy atom. The van der Waals surface area contributed by atoms with Crippen LogP contribution < -0.4 is 436 Å². The second-order valence-corrected chi connectivity index (χ2v) is 31.3. The van der Waals surface area contributed by atoms with Gasteiger partial charge in [0.05, 0.1) is 86.0 Å². The van der Waals surface area contributed by atoms with Crippen molar-refractivity contribution >= 4 is 264 Å². The van der Waals surface area contributed by atoms with Crippen molar-refractivity contribution in [3.05, 3.63) is 233 Å². The molecule has 0 aromatic heterocycles. The first-order valence-corrected chi connectivity index (χ1v) is 39.3. The van der Waals surface area contributed by atoms with Crippen molar-refractivity contribution in [2.24, 2.45) is 0 Å². The summed E-state index contributed by atoms with van der Waals surface area (Å²) in [5.41, 5.74) is 3.92. The summed E-state index contributed by atoms with van der Waals surface area (Å²) in [5.74, 6) is -1.33. The largest absolute Gasteiger partial charge is 1.00 e. The molecule has 0 saturated heterocycles. The Morgan fingerprint density at radius 3 is 1.01 bits per heavy atom. The van der Waals surface area contributed by atoms with Crippen LogP contribution in [0.15, 0.2) is 162 Å². The number of nitrogen functional groups attached to an aromatic ring is 1. The van der Waals surface area contributed by atoms with Crippen LogP contribution in [0.4, 0.5) is 34.1 Å². The number of nitro benzene ring substituents is 3. The monoisotopic (exact) mass is 2380 g/mol. The molecule has 0 aliphatic heterocycles. The third kappa shape index (κ3) is 46.0. The number of nitrogens with two attached hydrogens (primary N) is 1. The van der Waals surface area contributed by atoms with Crippen LogP contribution in [0.5, 0.6) is 11.5 Å². The van der Waals surface area contributed by atoms with Gasteiger partial charge >= 0.3 is 419 Å². The van der Waals surface area contributed by atoms with Crippen molar-refractivity contribution in [1.29, 1.82) is 0 Å². The van der Waals surface area contributed by atoms with E-state index in [2.05, 4.69) is 23.3 Å². The van der Waals surface area contributed by atoms with Gasteiger partial charge in [-0.15, -0.1) is 12.6 Å². The standard InChI is InChI=1S/C13H12ClN3O3S2.C6H3Cl2N2O4S.2C6H3Cl2NO5S.C6H4Cl2O3S.C6H4Cl2S.C6H6ClN2O3S.C2H6.K.Li.6Rb/c14-9-6-7-10(11(18)12(9)22(15,19)20)17-13(21)16-8-4-2-1-3-5-8;7-3-1-2-4(10(11)12)5(8)6(3)15(9,13)14;2*7-3-1-2-4(9(10)11)5(8)6(3)15(12,13)14;7-4-2-1-3-5(8)6(4)12(9,10)11;7-4-2-1-3-5(8)6(4)9;7-3-1-2-4(8)5(10)6(3)13(9,11)12;1-2;;;;;;;;/h1-7H,(H5,15,16,17,18,19,20,21);1-2H,(H-,9,13,14);2*1-2H,(H,12,13,14);1-3H,(H,9,10,11);1-3,9H;1-2H,8H2,(H2-,9,10,11,12);1-2H3;;;;;;;;/q;-1;;;;;-1;;8*+1/p-3. The van der Waals surface area contributed by atoms with Crippen LogP contribution in [0.2, 0.25) is 60.3 Å². The molecule has 0 saturated carbocycles. The molecule has 0 aliphatic carbocycles. The zero-order chi connectivity index (χ0) is 80.2. The van der Waals surface area contributed by atoms with Gasteiger partial charge in [-0.25, -0.2) is 42.1 Å². The van der Waals surface area contributed by atoms with Crippen LogP contribution in [0, 0.1) is 30.3 Å². The number of nitro groups is 3. The third-order valence-electron chi connectivity index (χ3n) is 10.6. The van der Waals surface area contributed by atoms with E-state index in [-0.39, 0.29) is 466 Å². The van der Waals surface area contributed by atoms with Gasteiger partial charge in [-0.05, 0) is 91.1 Å². The molecule has 0 radical (unpaired) electrons. The van der Waals surface area contributed by atoms with Gasteiger partial charge in [0.1, 0.15) is 80.1 Å². The van der Waals surface area contributed by atoms with Crippen LogP contribution in [0.25, 0.3) is 15.4 Å². The molecule has 111 heavy (non-hydrogen) atoms. The molecule has 8 rings (SSSR count). The molecule has 0 aliphatic rings. The van der Waals surface area contributed by atoms with Crippen LogP contribution in [-0.4, -0.2) is 94.3 Å². The maximum Gasteiger partial charge on any atom is 1.00 e. The molecular weight excluding hydrogens is 2350 g/mol. The van der Waals surface area contributed by atoms with Gasteiger partial charge < -0.3 is 51.1 Å². The van der Waals surface area contributed by atoms with Crippen molar-refractivity contribution in [2.75, 3.05) is 16.4 Å². The number of phenolic OH excluding ortho intramolecular Hbond substituents is 2. The zero-order valence-corrected chi connectivity index (χ0v) is 106. The molecule has 562 valence electrons. The number of hydrogen-bond acceptors (Lipinski definition) is 25. The van der Waals surface area contributed by atoms with Gasteiger partial charge in [0.15, 0.2) is 16.6 Å². The third-order valence-corrected chi connectivity index (χ3v) is 22.3. The first kappa shape index (κ1) is 134. The number of benzene rings is 8. The Balaban J connectivity index is -0.000000185. The predicted octanol–water partition coefficient (Wildman–Crippen LogP) is -6.20. The fourth-order valence-electron chi connectivity index (χ4n) is 6.44. The summed E-state index contributed by atoms with van der Waals surface area (Å²) in [6.45, 7) is 4.00. The topological polar surface area (TPSA) is 563 Å². The van der Waals surface area contributed by atoms with E-state index in [4.69, 9.17) is 177 Å². The Kier molecular flexibility index (Phi) is 75.5. The predicted molar refractivity (Wildman–Crippen MR) is 398 cm³/mol. The summed E-state index contributed by atoms with van der Waals surface area (Å²) in [6, 6.07) is 29.2. The second kappa shape index (κ2) is 62.6. The minimum Gasteiger partial charge on any atom is -0.744 e. The molecule has 0 unspecified atom stereocenters. The Morgan fingerprint density at radius 2 is 0.703 bits per heavy atom. The fourth-order valence-corrected chi connectivity index (χ4v) is 16.1. The summed E-state index contributed by atoms with van der Waals surface area (Å²) in [5, 5.41) is 73.8. The maximum atomic E-state index is 11.3. The Bertz CT molecular complexity index is 5030. The summed E-state index contributed by atoms with van der Waals surface area (Å²) in [7, 11) is -27.4. The van der Waals surface area contributed by atoms with E-state index >= 15 is 0 Å². The number of aromatic hydroxyl groups is 2. The van der Waals surface area contributed by atoms with E-state index in [1.54, 1.807) is 30.3 Å². The fraction of sp³-hybridized carbons (Fsp3) is 0.0392. The number of rotatable bonds is 11. The minimum atomic E-state index is -4.94. The number of thiol groups is 1. The first-order valence-electron chi connectivity index (χ1n) is 25.3. The molecule has 0 bridgehead atoms. The molecule has 0 amide bonds. The van der Waals surface area contributed by atoms with E-state index in [9.17, 15) is 100 Å². The van der Waals surface area contributed by atoms with Crippen molar-refractivity contribution in [3.63, 3.8) is 0 Å². The summed E-state index contributed by atoms with van der Waals surface area (Å²) >= 11 is 75.1. The molecule has 0 fully saturated rings. The van der Waals surface area contributed by atoms with Crippen LogP contribution in [0.3, 0.4) is 0 Å². The Hall–Kier alpha value is 7.40. The van der Waals surface area contributed by atoms with Gasteiger partial charge in [0, 0.05) is 28.8 Å². The number of nitrogens with zero attached hydrogens (tertiary/aromatic N) is 3. The van der Waals surface area contributed by atoms with Crippen LogP contribution >= 0.6 is 164 Å². The minimum absolute atomic E-state index is 0. The van der Waals surface area contributed by atoms with E-state index in [0.717, 1.165) is 42.1 Å². The van der Waals surface area contributed by atoms with E-state index in [1.807, 2.05) is 32.0 Å². The van der Waals surface area contributed by atoms with Crippen LogP contribution in [0.1, 0.15) is 13.8 Å². The Labute approximate surface area is 1050 Å². The normalized spacial score (nSPS) is 10.2. The SMILES string of the molecule is CC.O=S(=O)([O-])c1c(Cl)cccc1Cl.O=[N+]([O-])c1ccc(Cl)c(S(=O)(=O)O)c1Cl.O=[N+]([O-])c1ccc(Cl)c(S(=O)(=O)[O-])c1Cl.Sc1c(Cl)cccc1Cl.[K+].[Li+].[NH-]S(=O)(=O)c1c(Cl)ccc(N)c1O.[NH-]S(=O)(=O)c1c(Cl)ccc(NC(=S)Nc2ccccc2)c1O.[NH-]S(=O)(=O)c1c(Cl)ccc([N+](=O)[O-])c1Cl.[Rb+].[Rb+].[Rb+].[Rb+].[Rb+].[Rb+]. The molecule has 8 aromatic rings. The van der Waals surface area contributed by atoms with Gasteiger partial charge in [-0.3, -0.25) is 34.9 Å². The molecule has 10 N–H and O–H groups in total. The molecule has 0 spiro atoms. The zero-order valence-electron chi connectivity index (χ0n) is 57.9. The molecule has 8 aromatic carbocycles. The number of sulfonamides is 3. The smallest absolute Gasteiger partial charge is 0.744 e. The van der Waals surface area contributed by atoms with Gasteiger partial charge in [0.2, 0.25) is 0 Å². The summed E-state index contributed by atoms with van der Waals surface area (Å²) < 4.78 is 160. The van der Waals surface area contributed by atoms with Gasteiger partial charge in [0.25, 0.3) is 27.2 Å². The average molecular weight is 2390 g/mol. The first-order chi connectivity index (χ1) is 47.0. The average Bonchev–Trinajstić information content (AvgIpc) is 0.841. The van der Waals surface area contributed by atoms with Crippen LogP contribution in [-0.2, 0) is 60.4 Å². The molecular formula is C51H38Cl12KLiN9O23Rb6S8+3. The van der Waals surface area contributed by atoms with E-state index in [0.29, 0.717) is 14.9 Å². The van der Waals surface area contributed by atoms with Gasteiger partial charge in [-0.1, -0.05) is 183 Å². The quantitative estimate of drug-likeness (QED) is 0.00926. The molecule has 0 atom stereocenters. The van der Waals surface area contributed by atoms with Gasteiger partial charge in [-0.2, -0.15) is 8.42 Å². The van der Waals surface area contributed by atoms with Crippen molar-refractivity contribution in [2.45, 2.75) is 48.1 Å². The number of phenols is 2. The number of anilines is 3. The van der Waals surface area contributed by atoms with Crippen molar-refractivity contribution in [1.82, 2.24) is 0 Å². The number of nitrogens with one attached hydrogen (secondary N) is 5. The second-order valence-electron chi connectivity index (χ2n) is 17.4. The van der Waals surface area contributed by atoms with E-state index < -0.39 is 153 Å². The van der Waals surface area contributed by atoms with Crippen molar-refractivity contribution < 1.29 is 509 Å². The summed E-state index contributed by atoms with van der Waals surface area (Å²) in [6.07, 6.45) is 0. The maximum absolute atomic E-state index is 11.3. The van der Waals surface area contributed by atoms with E-state index in [1.165, 1.54) is 42.5 Å². The number of halogens is 12. The number of hydrogen-bond donors (Lipinski definition) is 7. The summed E-state index contributed by atoms with van der Waals surface area (Å²) in [4.78, 5) is 24.8. The molecule has 60 heteroatoms. The number of thiocarbonyl (C=S) groups is 1. The van der Waals surface area contributed by atoms with Crippen molar-refractivity contribution in [3.8, 4) is 11.5 Å².